The molecule has 0 saturated heterocycles. The highest BCUT2D eigenvalue weighted by Crippen LogP contribution is 2.36. The van der Waals surface area contributed by atoms with E-state index in [-0.39, 0.29) is 16.5 Å². The number of halogens is 4. The van der Waals surface area contributed by atoms with Gasteiger partial charge in [-0.2, -0.15) is 0 Å². The van der Waals surface area contributed by atoms with E-state index in [2.05, 4.69) is 4.98 Å². The maximum atomic E-state index is 14.1. The van der Waals surface area contributed by atoms with Crippen molar-refractivity contribution in [2.75, 3.05) is 5.88 Å². The Labute approximate surface area is 151 Å². The van der Waals surface area contributed by atoms with Crippen molar-refractivity contribution in [3.05, 3.63) is 75.1 Å². The van der Waals surface area contributed by atoms with Crippen LogP contribution in [0.25, 0.3) is 11.3 Å². The highest BCUT2D eigenvalue weighted by molar-refractivity contribution is 7.10. The summed E-state index contributed by atoms with van der Waals surface area (Å²) in [6, 6.07) is 9.99. The van der Waals surface area contributed by atoms with Crippen molar-refractivity contribution < 1.29 is 13.9 Å². The van der Waals surface area contributed by atoms with Gasteiger partial charge in [0.25, 0.3) is 0 Å². The lowest BCUT2D eigenvalue weighted by atomic mass is 9.96. The average Bonchev–Trinajstić information content (AvgIpc) is 3.05. The van der Waals surface area contributed by atoms with E-state index in [9.17, 15) is 13.9 Å². The number of nitrogens with zero attached hydrogens (tertiary/aromatic N) is 1. The van der Waals surface area contributed by atoms with Gasteiger partial charge in [-0.15, -0.1) is 22.9 Å². The van der Waals surface area contributed by atoms with Crippen molar-refractivity contribution in [2.24, 2.45) is 0 Å². The summed E-state index contributed by atoms with van der Waals surface area (Å²) in [6.07, 6.45) is 0. The van der Waals surface area contributed by atoms with E-state index < -0.39 is 17.2 Å². The summed E-state index contributed by atoms with van der Waals surface area (Å²) in [6.45, 7) is 0. The fraction of sp³-hybridized carbons (Fsp3) is 0.118. The van der Waals surface area contributed by atoms with E-state index in [1.54, 1.807) is 29.6 Å². The van der Waals surface area contributed by atoms with Gasteiger partial charge in [-0.3, -0.25) is 0 Å². The second-order valence-corrected chi connectivity index (χ2v) is 6.72. The average molecular weight is 386 g/mol. The Morgan fingerprint density at radius 2 is 1.83 bits per heavy atom. The van der Waals surface area contributed by atoms with Crippen LogP contribution in [-0.2, 0) is 5.60 Å². The molecule has 0 amide bonds. The zero-order valence-corrected chi connectivity index (χ0v) is 14.5. The van der Waals surface area contributed by atoms with Crippen molar-refractivity contribution in [1.29, 1.82) is 0 Å². The molecule has 3 rings (SSSR count). The van der Waals surface area contributed by atoms with Crippen LogP contribution in [-0.4, -0.2) is 16.0 Å². The predicted molar refractivity (Wildman–Crippen MR) is 92.6 cm³/mol. The first-order chi connectivity index (χ1) is 11.4. The minimum atomic E-state index is -1.84. The number of benzene rings is 2. The molecule has 2 nitrogen and oxygen atoms in total. The Morgan fingerprint density at radius 3 is 2.46 bits per heavy atom. The molecule has 1 heterocycles. The van der Waals surface area contributed by atoms with Crippen LogP contribution in [0.5, 0.6) is 0 Å². The van der Waals surface area contributed by atoms with Gasteiger partial charge in [-0.25, -0.2) is 13.8 Å². The van der Waals surface area contributed by atoms with E-state index >= 15 is 0 Å². The largest absolute Gasteiger partial charge is 0.376 e. The van der Waals surface area contributed by atoms with E-state index in [1.165, 1.54) is 6.07 Å². The Morgan fingerprint density at radius 1 is 1.12 bits per heavy atom. The number of aromatic nitrogens is 1. The summed E-state index contributed by atoms with van der Waals surface area (Å²) in [7, 11) is 0. The molecule has 0 bridgehead atoms. The van der Waals surface area contributed by atoms with Crippen molar-refractivity contribution in [1.82, 2.24) is 4.98 Å². The first kappa shape index (κ1) is 17.3. The summed E-state index contributed by atoms with van der Waals surface area (Å²) < 4.78 is 27.2. The second kappa shape index (κ2) is 6.76. The number of alkyl halides is 1. The normalized spacial score (nSPS) is 13.7. The van der Waals surface area contributed by atoms with Gasteiger partial charge < -0.3 is 5.11 Å². The molecule has 1 atom stereocenters. The lowest BCUT2D eigenvalue weighted by Crippen LogP contribution is -2.30. The predicted octanol–water partition coefficient (Wildman–Crippen LogP) is 5.22. The third kappa shape index (κ3) is 3.17. The fourth-order valence-corrected chi connectivity index (χ4v) is 3.70. The van der Waals surface area contributed by atoms with Crippen LogP contribution in [0.3, 0.4) is 0 Å². The minimum absolute atomic E-state index is 0.115. The molecular formula is C17H11Cl2F2NOS. The van der Waals surface area contributed by atoms with E-state index in [0.29, 0.717) is 16.8 Å². The fourth-order valence-electron chi connectivity index (χ4n) is 2.29. The van der Waals surface area contributed by atoms with E-state index in [0.717, 1.165) is 23.0 Å². The monoisotopic (exact) mass is 385 g/mol. The van der Waals surface area contributed by atoms with Gasteiger partial charge in [0.2, 0.25) is 0 Å². The molecule has 0 radical (unpaired) electrons. The minimum Gasteiger partial charge on any atom is -0.376 e. The van der Waals surface area contributed by atoms with Gasteiger partial charge >= 0.3 is 0 Å². The third-order valence-electron chi connectivity index (χ3n) is 3.57. The van der Waals surface area contributed by atoms with Gasteiger partial charge in [0.05, 0.1) is 11.6 Å². The molecular weight excluding hydrogens is 375 g/mol. The number of rotatable bonds is 4. The molecule has 0 saturated carbocycles. The maximum absolute atomic E-state index is 14.1. The molecule has 0 spiro atoms. The van der Waals surface area contributed by atoms with Gasteiger partial charge in [0.15, 0.2) is 5.60 Å². The van der Waals surface area contributed by atoms with Crippen LogP contribution >= 0.6 is 34.5 Å². The van der Waals surface area contributed by atoms with Gasteiger partial charge in [0.1, 0.15) is 16.6 Å². The maximum Gasteiger partial charge on any atom is 0.157 e. The zero-order valence-electron chi connectivity index (χ0n) is 12.1. The number of aliphatic hydroxyl groups is 1. The van der Waals surface area contributed by atoms with Crippen LogP contribution in [0.1, 0.15) is 10.6 Å². The van der Waals surface area contributed by atoms with Crippen molar-refractivity contribution >= 4 is 34.5 Å². The molecule has 2 aromatic carbocycles. The van der Waals surface area contributed by atoms with Gasteiger partial charge in [-0.1, -0.05) is 23.7 Å². The molecule has 3 aromatic rings. The molecule has 1 aromatic heterocycles. The summed E-state index contributed by atoms with van der Waals surface area (Å²) in [4.78, 5) is 4.37. The number of hydrogen-bond acceptors (Lipinski definition) is 3. The summed E-state index contributed by atoms with van der Waals surface area (Å²) >= 11 is 12.9. The Balaban J connectivity index is 2.04. The second-order valence-electron chi connectivity index (χ2n) is 5.16. The quantitative estimate of drug-likeness (QED) is 0.624. The Bertz CT molecular complexity index is 869. The SMILES string of the molecule is OC(CCl)(c1nc(-c2ccc(Cl)cc2)cs1)c1ccc(F)cc1F. The standard InChI is InChI=1S/C17H11Cl2F2NOS/c18-9-17(23,13-6-5-12(20)7-14(13)21)16-22-15(8-24-16)10-1-3-11(19)4-2-10/h1-8,23H,9H2. The molecule has 0 aliphatic carbocycles. The molecule has 24 heavy (non-hydrogen) atoms. The number of hydrogen-bond donors (Lipinski definition) is 1. The molecule has 7 heteroatoms. The highest BCUT2D eigenvalue weighted by atomic mass is 35.5. The van der Waals surface area contributed by atoms with Crippen LogP contribution < -0.4 is 0 Å². The Hall–Kier alpha value is -1.53. The lowest BCUT2D eigenvalue weighted by molar-refractivity contribution is 0.101. The van der Waals surface area contributed by atoms with Crippen molar-refractivity contribution in [3.8, 4) is 11.3 Å². The van der Waals surface area contributed by atoms with Crippen LogP contribution in [0.2, 0.25) is 5.02 Å². The summed E-state index contributed by atoms with van der Waals surface area (Å²) in [5.41, 5.74) is -0.540. The lowest BCUT2D eigenvalue weighted by Gasteiger charge is -2.24. The topological polar surface area (TPSA) is 33.1 Å². The molecule has 1 unspecified atom stereocenters. The van der Waals surface area contributed by atoms with Crippen LogP contribution in [0.15, 0.2) is 47.8 Å². The van der Waals surface area contributed by atoms with Crippen molar-refractivity contribution in [3.63, 3.8) is 0 Å². The Kier molecular flexibility index (Phi) is 4.88. The first-order valence-electron chi connectivity index (χ1n) is 6.90. The number of thiazole rings is 1. The zero-order chi connectivity index (χ0) is 17.3. The van der Waals surface area contributed by atoms with Gasteiger partial charge in [0, 0.05) is 27.6 Å². The highest BCUT2D eigenvalue weighted by Gasteiger charge is 2.36. The molecule has 0 aliphatic heterocycles. The van der Waals surface area contributed by atoms with Crippen LogP contribution in [0, 0.1) is 11.6 Å². The molecule has 0 aliphatic rings. The first-order valence-corrected chi connectivity index (χ1v) is 8.69. The summed E-state index contributed by atoms with van der Waals surface area (Å²) in [5, 5.41) is 13.4. The smallest absolute Gasteiger partial charge is 0.157 e. The van der Waals surface area contributed by atoms with E-state index in [1.807, 2.05) is 0 Å². The molecule has 0 fully saturated rings. The third-order valence-corrected chi connectivity index (χ3v) is 5.20. The molecule has 1 N–H and O–H groups in total. The molecule has 124 valence electrons. The van der Waals surface area contributed by atoms with E-state index in [4.69, 9.17) is 23.2 Å². The van der Waals surface area contributed by atoms with Gasteiger partial charge in [-0.05, 0) is 24.3 Å². The van der Waals surface area contributed by atoms with Crippen LogP contribution in [0.4, 0.5) is 8.78 Å². The van der Waals surface area contributed by atoms with Crippen molar-refractivity contribution in [2.45, 2.75) is 5.60 Å². The summed E-state index contributed by atoms with van der Waals surface area (Å²) in [5.74, 6) is -1.92.